The molecule has 0 radical (unpaired) electrons. The van der Waals surface area contributed by atoms with Crippen LogP contribution < -0.4 is 5.56 Å². The second-order valence-electron chi connectivity index (χ2n) is 3.92. The van der Waals surface area contributed by atoms with Crippen molar-refractivity contribution >= 4 is 0 Å². The van der Waals surface area contributed by atoms with E-state index in [4.69, 9.17) is 0 Å². The first-order valence-electron chi connectivity index (χ1n) is 5.03. The molecule has 0 aliphatic rings. The summed E-state index contributed by atoms with van der Waals surface area (Å²) in [4.78, 5) is 13.8. The third-order valence-electron chi connectivity index (χ3n) is 2.46. The molecule has 16 heavy (non-hydrogen) atoms. The van der Waals surface area contributed by atoms with Crippen LogP contribution in [0.2, 0.25) is 0 Å². The average molecular weight is 217 g/mol. The normalized spacial score (nSPS) is 10.4. The van der Waals surface area contributed by atoms with Crippen LogP contribution >= 0.6 is 0 Å². The van der Waals surface area contributed by atoms with E-state index in [1.807, 2.05) is 13.0 Å². The molecule has 0 amide bonds. The Morgan fingerprint density at radius 2 is 1.81 bits per heavy atom. The van der Waals surface area contributed by atoms with Crippen LogP contribution in [-0.4, -0.2) is 4.98 Å². The molecular weight excluding hydrogens is 205 g/mol. The highest BCUT2D eigenvalue weighted by atomic mass is 19.1. The van der Waals surface area contributed by atoms with Gasteiger partial charge in [-0.15, -0.1) is 0 Å². The van der Waals surface area contributed by atoms with E-state index in [9.17, 15) is 9.18 Å². The predicted octanol–water partition coefficient (Wildman–Crippen LogP) is 2.80. The molecule has 0 aliphatic heterocycles. The van der Waals surface area contributed by atoms with Crippen molar-refractivity contribution in [3.05, 3.63) is 57.8 Å². The van der Waals surface area contributed by atoms with E-state index in [0.717, 1.165) is 16.7 Å². The zero-order valence-corrected chi connectivity index (χ0v) is 9.17. The summed E-state index contributed by atoms with van der Waals surface area (Å²) >= 11 is 0. The number of benzene rings is 1. The van der Waals surface area contributed by atoms with Crippen molar-refractivity contribution in [3.63, 3.8) is 0 Å². The molecule has 0 saturated heterocycles. The first-order chi connectivity index (χ1) is 7.56. The van der Waals surface area contributed by atoms with Gasteiger partial charge in [0, 0.05) is 11.8 Å². The van der Waals surface area contributed by atoms with Crippen molar-refractivity contribution in [2.75, 3.05) is 0 Å². The lowest BCUT2D eigenvalue weighted by Gasteiger charge is -2.04. The molecular formula is C13H12FNO. The second-order valence-corrected chi connectivity index (χ2v) is 3.92. The van der Waals surface area contributed by atoms with Crippen molar-refractivity contribution in [2.45, 2.75) is 13.8 Å². The standard InChI is InChI=1S/C13H12FNO/c1-8-3-10(6-12(14)4-8)11-5-9(2)13(16)15-7-11/h3-7H,1-2H3,(H,15,16). The Labute approximate surface area is 92.8 Å². The molecule has 0 bridgehead atoms. The molecule has 0 saturated carbocycles. The minimum Gasteiger partial charge on any atom is -0.328 e. The summed E-state index contributed by atoms with van der Waals surface area (Å²) in [5, 5.41) is 0. The maximum atomic E-state index is 13.2. The van der Waals surface area contributed by atoms with Gasteiger partial charge in [0.2, 0.25) is 0 Å². The topological polar surface area (TPSA) is 32.9 Å². The van der Waals surface area contributed by atoms with Gasteiger partial charge >= 0.3 is 0 Å². The highest BCUT2D eigenvalue weighted by molar-refractivity contribution is 5.63. The number of hydrogen-bond acceptors (Lipinski definition) is 1. The van der Waals surface area contributed by atoms with Gasteiger partial charge in [0.1, 0.15) is 5.82 Å². The quantitative estimate of drug-likeness (QED) is 0.782. The van der Waals surface area contributed by atoms with Crippen molar-refractivity contribution in [1.82, 2.24) is 4.98 Å². The van der Waals surface area contributed by atoms with Gasteiger partial charge < -0.3 is 4.98 Å². The maximum absolute atomic E-state index is 13.2. The highest BCUT2D eigenvalue weighted by Gasteiger charge is 2.03. The molecule has 3 heteroatoms. The summed E-state index contributed by atoms with van der Waals surface area (Å²) in [7, 11) is 0. The Morgan fingerprint density at radius 3 is 2.44 bits per heavy atom. The van der Waals surface area contributed by atoms with Crippen molar-refractivity contribution in [2.24, 2.45) is 0 Å². The number of rotatable bonds is 1. The molecule has 1 heterocycles. The first-order valence-corrected chi connectivity index (χ1v) is 5.03. The Kier molecular flexibility index (Phi) is 2.60. The third-order valence-corrected chi connectivity index (χ3v) is 2.46. The smallest absolute Gasteiger partial charge is 0.250 e. The molecule has 1 N–H and O–H groups in total. The maximum Gasteiger partial charge on any atom is 0.250 e. The van der Waals surface area contributed by atoms with E-state index < -0.39 is 0 Å². The molecule has 0 aliphatic carbocycles. The fourth-order valence-electron chi connectivity index (χ4n) is 1.67. The lowest BCUT2D eigenvalue weighted by Crippen LogP contribution is -2.07. The molecule has 2 aromatic rings. The van der Waals surface area contributed by atoms with Crippen molar-refractivity contribution in [1.29, 1.82) is 0 Å². The van der Waals surface area contributed by atoms with Gasteiger partial charge in [0.05, 0.1) is 0 Å². The van der Waals surface area contributed by atoms with Crippen LogP contribution in [0.5, 0.6) is 0 Å². The van der Waals surface area contributed by atoms with Gasteiger partial charge in [-0.2, -0.15) is 0 Å². The summed E-state index contributed by atoms with van der Waals surface area (Å²) in [5.74, 6) is -0.265. The zero-order chi connectivity index (χ0) is 11.7. The molecule has 1 aromatic heterocycles. The van der Waals surface area contributed by atoms with E-state index in [1.54, 1.807) is 19.2 Å². The van der Waals surface area contributed by atoms with Crippen LogP contribution in [0.3, 0.4) is 0 Å². The molecule has 1 aromatic carbocycles. The molecule has 2 rings (SSSR count). The predicted molar refractivity (Wildman–Crippen MR) is 61.9 cm³/mol. The van der Waals surface area contributed by atoms with Crippen LogP contribution in [0.25, 0.3) is 11.1 Å². The summed E-state index contributed by atoms with van der Waals surface area (Å²) in [6.07, 6.45) is 1.60. The second kappa shape index (κ2) is 3.93. The molecule has 0 fully saturated rings. The van der Waals surface area contributed by atoms with E-state index in [-0.39, 0.29) is 11.4 Å². The number of hydrogen-bond donors (Lipinski definition) is 1. The number of nitrogens with one attached hydrogen (secondary N) is 1. The zero-order valence-electron chi connectivity index (χ0n) is 9.17. The number of aryl methyl sites for hydroxylation is 2. The minimum absolute atomic E-state index is 0.114. The van der Waals surface area contributed by atoms with E-state index in [0.29, 0.717) is 5.56 Å². The van der Waals surface area contributed by atoms with Crippen molar-refractivity contribution in [3.8, 4) is 11.1 Å². The number of H-pyrrole nitrogens is 1. The largest absolute Gasteiger partial charge is 0.328 e. The summed E-state index contributed by atoms with van der Waals surface area (Å²) in [5.41, 5.74) is 2.96. The van der Waals surface area contributed by atoms with Gasteiger partial charge in [0.15, 0.2) is 0 Å². The fraction of sp³-hybridized carbons (Fsp3) is 0.154. The Bertz CT molecular complexity index is 566. The van der Waals surface area contributed by atoms with Gasteiger partial charge in [-0.25, -0.2) is 4.39 Å². The van der Waals surface area contributed by atoms with Crippen LogP contribution in [0.1, 0.15) is 11.1 Å². The van der Waals surface area contributed by atoms with E-state index >= 15 is 0 Å². The summed E-state index contributed by atoms with van der Waals surface area (Å²) < 4.78 is 13.2. The lowest BCUT2D eigenvalue weighted by molar-refractivity contribution is 0.627. The van der Waals surface area contributed by atoms with Crippen LogP contribution in [0, 0.1) is 19.7 Å². The summed E-state index contributed by atoms with van der Waals surface area (Å²) in [6.45, 7) is 3.57. The van der Waals surface area contributed by atoms with Gasteiger partial charge in [-0.05, 0) is 48.7 Å². The summed E-state index contributed by atoms with van der Waals surface area (Å²) in [6, 6.07) is 6.57. The number of aromatic amines is 1. The van der Waals surface area contributed by atoms with E-state index in [2.05, 4.69) is 4.98 Å². The molecule has 2 nitrogen and oxygen atoms in total. The SMILES string of the molecule is Cc1cc(F)cc(-c2c[nH]c(=O)c(C)c2)c1. The van der Waals surface area contributed by atoms with Crippen molar-refractivity contribution < 1.29 is 4.39 Å². The van der Waals surface area contributed by atoms with Gasteiger partial charge in [0.25, 0.3) is 5.56 Å². The number of halogens is 1. The van der Waals surface area contributed by atoms with E-state index in [1.165, 1.54) is 12.1 Å². The molecule has 82 valence electrons. The fourth-order valence-corrected chi connectivity index (χ4v) is 1.67. The Morgan fingerprint density at radius 1 is 1.06 bits per heavy atom. The van der Waals surface area contributed by atoms with Crippen LogP contribution in [0.15, 0.2) is 35.3 Å². The number of aromatic nitrogens is 1. The minimum atomic E-state index is -0.265. The third kappa shape index (κ3) is 2.03. The molecule has 0 spiro atoms. The van der Waals surface area contributed by atoms with Gasteiger partial charge in [-0.3, -0.25) is 4.79 Å². The Balaban J connectivity index is 2.58. The lowest BCUT2D eigenvalue weighted by atomic mass is 10.0. The Hall–Kier alpha value is -1.90. The monoisotopic (exact) mass is 217 g/mol. The van der Waals surface area contributed by atoms with Gasteiger partial charge in [-0.1, -0.05) is 6.07 Å². The first kappa shape index (κ1) is 10.6. The average Bonchev–Trinajstić information content (AvgIpc) is 2.20. The van der Waals surface area contributed by atoms with Crippen LogP contribution in [0.4, 0.5) is 4.39 Å². The number of pyridine rings is 1. The molecule has 0 unspecified atom stereocenters. The van der Waals surface area contributed by atoms with Crippen LogP contribution in [-0.2, 0) is 0 Å². The molecule has 0 atom stereocenters. The highest BCUT2D eigenvalue weighted by Crippen LogP contribution is 2.20.